The highest BCUT2D eigenvalue weighted by atomic mass is 35.5. The molecule has 0 aliphatic carbocycles. The summed E-state index contributed by atoms with van der Waals surface area (Å²) in [4.78, 5) is 12.1. The van der Waals surface area contributed by atoms with Crippen molar-refractivity contribution in [2.45, 2.75) is 6.92 Å². The first-order valence-electron chi connectivity index (χ1n) is 5.96. The number of ether oxygens (including phenoxy) is 1. The van der Waals surface area contributed by atoms with E-state index in [0.717, 1.165) is 0 Å². The molecule has 0 saturated heterocycles. The van der Waals surface area contributed by atoms with Crippen LogP contribution in [0.1, 0.15) is 15.9 Å². The largest absolute Gasteiger partial charge is 0.508 e. The summed E-state index contributed by atoms with van der Waals surface area (Å²) in [6.45, 7) is 1.73. The summed E-state index contributed by atoms with van der Waals surface area (Å²) in [5.74, 6) is 0.454. The summed E-state index contributed by atoms with van der Waals surface area (Å²) >= 11 is 6.03. The number of carbonyl (C=O) groups is 1. The van der Waals surface area contributed by atoms with Gasteiger partial charge in [-0.15, -0.1) is 0 Å². The molecule has 0 spiro atoms. The fourth-order valence-electron chi connectivity index (χ4n) is 1.72. The smallest absolute Gasteiger partial charge is 0.255 e. The number of hydrogen-bond acceptors (Lipinski definition) is 3. The lowest BCUT2D eigenvalue weighted by atomic mass is 10.1. The van der Waals surface area contributed by atoms with E-state index in [2.05, 4.69) is 5.32 Å². The monoisotopic (exact) mass is 291 g/mol. The van der Waals surface area contributed by atoms with E-state index >= 15 is 0 Å². The molecule has 2 aromatic carbocycles. The highest BCUT2D eigenvalue weighted by Crippen LogP contribution is 2.27. The minimum absolute atomic E-state index is 0.154. The fourth-order valence-corrected chi connectivity index (χ4v) is 1.88. The van der Waals surface area contributed by atoms with Crippen molar-refractivity contribution < 1.29 is 14.6 Å². The van der Waals surface area contributed by atoms with Gasteiger partial charge in [-0.05, 0) is 42.8 Å². The zero-order valence-corrected chi connectivity index (χ0v) is 11.9. The zero-order valence-electron chi connectivity index (χ0n) is 11.1. The Kier molecular flexibility index (Phi) is 4.15. The number of anilines is 1. The summed E-state index contributed by atoms with van der Waals surface area (Å²) in [7, 11) is 1.54. The first-order valence-corrected chi connectivity index (χ1v) is 6.33. The van der Waals surface area contributed by atoms with Crippen molar-refractivity contribution in [3.8, 4) is 11.5 Å². The molecule has 0 aliphatic heterocycles. The number of phenolic OH excluding ortho intramolecular Hbond substituents is 1. The number of hydrogen-bond donors (Lipinski definition) is 2. The number of benzene rings is 2. The predicted molar refractivity (Wildman–Crippen MR) is 78.8 cm³/mol. The third-order valence-electron chi connectivity index (χ3n) is 2.88. The summed E-state index contributed by atoms with van der Waals surface area (Å²) in [5, 5.41) is 12.6. The van der Waals surface area contributed by atoms with E-state index in [1.165, 1.54) is 13.2 Å². The predicted octanol–water partition coefficient (Wildman–Crippen LogP) is 3.61. The van der Waals surface area contributed by atoms with Crippen LogP contribution in [0.15, 0.2) is 36.4 Å². The minimum Gasteiger partial charge on any atom is -0.508 e. The summed E-state index contributed by atoms with van der Waals surface area (Å²) < 4.78 is 5.09. The molecule has 0 unspecified atom stereocenters. The molecule has 1 amide bonds. The maximum atomic E-state index is 12.1. The third-order valence-corrected chi connectivity index (χ3v) is 3.21. The molecule has 0 saturated carbocycles. The molecule has 104 valence electrons. The van der Waals surface area contributed by atoms with Gasteiger partial charge in [0.05, 0.1) is 17.8 Å². The minimum atomic E-state index is -0.303. The number of carbonyl (C=O) groups excluding carboxylic acids is 1. The van der Waals surface area contributed by atoms with Crippen LogP contribution >= 0.6 is 11.6 Å². The van der Waals surface area contributed by atoms with E-state index in [9.17, 15) is 9.90 Å². The van der Waals surface area contributed by atoms with Crippen LogP contribution in [0.2, 0.25) is 5.02 Å². The van der Waals surface area contributed by atoms with Crippen LogP contribution in [0.25, 0.3) is 0 Å². The van der Waals surface area contributed by atoms with Crippen molar-refractivity contribution in [1.29, 1.82) is 0 Å². The number of halogens is 1. The Morgan fingerprint density at radius 2 is 2.00 bits per heavy atom. The molecular formula is C15H14ClNO3. The first kappa shape index (κ1) is 14.2. The van der Waals surface area contributed by atoms with Gasteiger partial charge < -0.3 is 15.2 Å². The topological polar surface area (TPSA) is 58.6 Å². The number of nitrogens with one attached hydrogen (secondary N) is 1. The van der Waals surface area contributed by atoms with Crippen LogP contribution in [0, 0.1) is 6.92 Å². The quantitative estimate of drug-likeness (QED) is 0.908. The van der Waals surface area contributed by atoms with E-state index in [1.807, 2.05) is 0 Å². The lowest BCUT2D eigenvalue weighted by molar-refractivity contribution is 0.102. The molecule has 0 aliphatic rings. The van der Waals surface area contributed by atoms with E-state index in [0.29, 0.717) is 27.6 Å². The average Bonchev–Trinajstić information content (AvgIpc) is 2.44. The Morgan fingerprint density at radius 1 is 1.25 bits per heavy atom. The second kappa shape index (κ2) is 5.84. The highest BCUT2D eigenvalue weighted by Gasteiger charge is 2.10. The van der Waals surface area contributed by atoms with Gasteiger partial charge in [0, 0.05) is 11.6 Å². The molecule has 2 N–H and O–H groups in total. The Hall–Kier alpha value is -2.20. The maximum absolute atomic E-state index is 12.1. The standard InChI is InChI=1S/C15H14ClNO3/c1-9-7-10(3-6-14(9)18)15(19)17-13-8-11(20-2)4-5-12(13)16/h3-8,18H,1-2H3,(H,17,19). The lowest BCUT2D eigenvalue weighted by Gasteiger charge is -2.10. The van der Waals surface area contributed by atoms with Crippen LogP contribution in [0.5, 0.6) is 11.5 Å². The first-order chi connectivity index (χ1) is 9.51. The van der Waals surface area contributed by atoms with Crippen LogP contribution in [0.3, 0.4) is 0 Å². The summed E-state index contributed by atoms with van der Waals surface area (Å²) in [6, 6.07) is 9.65. The van der Waals surface area contributed by atoms with Gasteiger partial charge >= 0.3 is 0 Å². The second-order valence-corrected chi connectivity index (χ2v) is 4.71. The van der Waals surface area contributed by atoms with Gasteiger partial charge in [-0.2, -0.15) is 0 Å². The lowest BCUT2D eigenvalue weighted by Crippen LogP contribution is -2.12. The van der Waals surface area contributed by atoms with Gasteiger partial charge in [0.25, 0.3) is 5.91 Å². The molecule has 0 radical (unpaired) electrons. The molecule has 20 heavy (non-hydrogen) atoms. The van der Waals surface area contributed by atoms with Crippen LogP contribution in [-0.4, -0.2) is 18.1 Å². The molecule has 4 nitrogen and oxygen atoms in total. The van der Waals surface area contributed by atoms with Gasteiger partial charge in [-0.25, -0.2) is 0 Å². The Labute approximate surface area is 122 Å². The fraction of sp³-hybridized carbons (Fsp3) is 0.133. The van der Waals surface area contributed by atoms with Gasteiger partial charge in [-0.1, -0.05) is 11.6 Å². The van der Waals surface area contributed by atoms with E-state index < -0.39 is 0 Å². The van der Waals surface area contributed by atoms with Crippen LogP contribution in [-0.2, 0) is 0 Å². The Balaban J connectivity index is 2.25. The van der Waals surface area contributed by atoms with Crippen molar-refractivity contribution in [3.05, 3.63) is 52.5 Å². The second-order valence-electron chi connectivity index (χ2n) is 4.30. The third kappa shape index (κ3) is 3.03. The molecule has 5 heteroatoms. The van der Waals surface area contributed by atoms with Crippen molar-refractivity contribution in [3.63, 3.8) is 0 Å². The molecule has 0 atom stereocenters. The normalized spacial score (nSPS) is 10.2. The molecule has 2 rings (SSSR count). The maximum Gasteiger partial charge on any atom is 0.255 e. The van der Waals surface area contributed by atoms with E-state index in [4.69, 9.17) is 16.3 Å². The van der Waals surface area contributed by atoms with Crippen molar-refractivity contribution in [1.82, 2.24) is 0 Å². The van der Waals surface area contributed by atoms with Gasteiger partial charge in [-0.3, -0.25) is 4.79 Å². The van der Waals surface area contributed by atoms with Gasteiger partial charge in [0.2, 0.25) is 0 Å². The zero-order chi connectivity index (χ0) is 14.7. The van der Waals surface area contributed by atoms with Crippen molar-refractivity contribution >= 4 is 23.2 Å². The van der Waals surface area contributed by atoms with Gasteiger partial charge in [0.1, 0.15) is 11.5 Å². The number of phenols is 1. The van der Waals surface area contributed by atoms with Gasteiger partial charge in [0.15, 0.2) is 0 Å². The molecule has 0 heterocycles. The molecular weight excluding hydrogens is 278 g/mol. The number of aromatic hydroxyl groups is 1. The van der Waals surface area contributed by atoms with Crippen molar-refractivity contribution in [2.24, 2.45) is 0 Å². The SMILES string of the molecule is COc1ccc(Cl)c(NC(=O)c2ccc(O)c(C)c2)c1. The Morgan fingerprint density at radius 3 is 2.65 bits per heavy atom. The molecule has 2 aromatic rings. The van der Waals surface area contributed by atoms with Crippen LogP contribution in [0.4, 0.5) is 5.69 Å². The average molecular weight is 292 g/mol. The molecule has 0 aromatic heterocycles. The number of rotatable bonds is 3. The number of methoxy groups -OCH3 is 1. The van der Waals surface area contributed by atoms with Crippen LogP contribution < -0.4 is 10.1 Å². The molecule has 0 fully saturated rings. The highest BCUT2D eigenvalue weighted by molar-refractivity contribution is 6.34. The molecule has 0 bridgehead atoms. The summed E-state index contributed by atoms with van der Waals surface area (Å²) in [6.07, 6.45) is 0. The van der Waals surface area contributed by atoms with E-state index in [1.54, 1.807) is 37.3 Å². The van der Waals surface area contributed by atoms with E-state index in [-0.39, 0.29) is 11.7 Å². The number of amides is 1. The summed E-state index contributed by atoms with van der Waals surface area (Å²) in [5.41, 5.74) is 1.55. The Bertz CT molecular complexity index is 656. The number of aryl methyl sites for hydroxylation is 1. The van der Waals surface area contributed by atoms with Crippen molar-refractivity contribution in [2.75, 3.05) is 12.4 Å².